The minimum Gasteiger partial charge on any atom is -0.332 e. The molecule has 1 amide bonds. The third kappa shape index (κ3) is 3.25. The molecule has 0 saturated carbocycles. The summed E-state index contributed by atoms with van der Waals surface area (Å²) in [6, 6.07) is 9.18. The number of thiophene rings is 1. The van der Waals surface area contributed by atoms with Gasteiger partial charge in [0.25, 0.3) is 5.56 Å². The van der Waals surface area contributed by atoms with Crippen molar-refractivity contribution >= 4 is 39.1 Å². The van der Waals surface area contributed by atoms with Gasteiger partial charge in [-0.15, -0.1) is 11.3 Å². The van der Waals surface area contributed by atoms with Gasteiger partial charge >= 0.3 is 0 Å². The van der Waals surface area contributed by atoms with Gasteiger partial charge in [-0.2, -0.15) is 0 Å². The summed E-state index contributed by atoms with van der Waals surface area (Å²) in [6.07, 6.45) is 1.45. The molecule has 0 radical (unpaired) electrons. The second-order valence-corrected chi connectivity index (χ2v) is 7.51. The minimum atomic E-state index is -0.181. The molecule has 1 atom stereocenters. The Kier molecular flexibility index (Phi) is 4.76. The third-order valence-electron chi connectivity index (χ3n) is 4.55. The van der Waals surface area contributed by atoms with Gasteiger partial charge in [-0.3, -0.25) is 14.2 Å². The number of nitrogens with zero attached hydrogens (tertiary/aromatic N) is 3. The number of amides is 1. The number of hydrogen-bond donors (Lipinski definition) is 1. The van der Waals surface area contributed by atoms with Crippen molar-refractivity contribution in [2.45, 2.75) is 12.6 Å². The first kappa shape index (κ1) is 17.2. The second-order valence-electron chi connectivity index (χ2n) is 6.18. The Morgan fingerprint density at radius 1 is 1.38 bits per heavy atom. The van der Waals surface area contributed by atoms with Crippen LogP contribution < -0.4 is 10.9 Å². The highest BCUT2D eigenvalue weighted by atomic mass is 35.5. The lowest BCUT2D eigenvalue weighted by molar-refractivity contribution is -0.135. The van der Waals surface area contributed by atoms with Gasteiger partial charge in [0.15, 0.2) is 0 Å². The van der Waals surface area contributed by atoms with Crippen LogP contribution in [-0.4, -0.2) is 40.0 Å². The summed E-state index contributed by atoms with van der Waals surface area (Å²) >= 11 is 7.53. The average Bonchev–Trinajstić information content (AvgIpc) is 3.13. The second kappa shape index (κ2) is 7.19. The van der Waals surface area contributed by atoms with E-state index >= 15 is 0 Å². The molecule has 4 rings (SSSR count). The van der Waals surface area contributed by atoms with Crippen molar-refractivity contribution in [2.24, 2.45) is 0 Å². The summed E-state index contributed by atoms with van der Waals surface area (Å²) in [5, 5.41) is 6.34. The Morgan fingerprint density at radius 3 is 3.12 bits per heavy atom. The van der Waals surface area contributed by atoms with Crippen molar-refractivity contribution in [1.29, 1.82) is 0 Å². The Morgan fingerprint density at radius 2 is 2.27 bits per heavy atom. The van der Waals surface area contributed by atoms with E-state index in [1.165, 1.54) is 22.2 Å². The number of carbonyl (C=O) groups is 1. The Hall–Kier alpha value is -2.22. The normalized spacial score (nSPS) is 17.6. The summed E-state index contributed by atoms with van der Waals surface area (Å²) in [5.41, 5.74) is 0.802. The highest BCUT2D eigenvalue weighted by Gasteiger charge is 2.28. The molecule has 8 heteroatoms. The number of rotatable bonds is 3. The molecular formula is C18H17ClN4O2S. The lowest BCUT2D eigenvalue weighted by Gasteiger charge is -2.36. The lowest BCUT2D eigenvalue weighted by Crippen LogP contribution is -2.50. The van der Waals surface area contributed by atoms with Crippen molar-refractivity contribution in [2.75, 3.05) is 19.6 Å². The topological polar surface area (TPSA) is 67.2 Å². The number of piperazine rings is 1. The number of halogens is 1. The molecule has 1 fully saturated rings. The number of benzene rings is 1. The van der Waals surface area contributed by atoms with E-state index in [0.717, 1.165) is 12.1 Å². The Labute approximate surface area is 159 Å². The van der Waals surface area contributed by atoms with Crippen LogP contribution in [-0.2, 0) is 11.3 Å². The van der Waals surface area contributed by atoms with Crippen LogP contribution in [0.1, 0.15) is 11.6 Å². The van der Waals surface area contributed by atoms with Crippen LogP contribution >= 0.6 is 22.9 Å². The molecule has 3 heterocycles. The van der Waals surface area contributed by atoms with E-state index in [2.05, 4.69) is 10.3 Å². The maximum absolute atomic E-state index is 12.9. The molecule has 6 nitrogen and oxygen atoms in total. The van der Waals surface area contributed by atoms with Gasteiger partial charge in [0.1, 0.15) is 11.4 Å². The minimum absolute atomic E-state index is 0.0192. The quantitative estimate of drug-likeness (QED) is 0.747. The van der Waals surface area contributed by atoms with Crippen LogP contribution in [0.2, 0.25) is 5.02 Å². The molecule has 1 N–H and O–H groups in total. The maximum atomic E-state index is 12.9. The number of fused-ring (bicyclic) bond motifs is 1. The lowest BCUT2D eigenvalue weighted by atomic mass is 10.0. The number of carbonyl (C=O) groups excluding carboxylic acids is 1. The first-order valence-corrected chi connectivity index (χ1v) is 9.57. The predicted octanol–water partition coefficient (Wildman–Crippen LogP) is 2.28. The standard InChI is InChI=1S/C18H17ClN4O2S/c19-13-3-1-2-12(8-13)15-9-20-5-6-23(15)16(24)10-22-11-21-17-14(18(22)25)4-7-26-17/h1-4,7-8,11,15,20H,5-6,9-10H2. The van der Waals surface area contributed by atoms with Gasteiger partial charge in [-0.05, 0) is 29.1 Å². The number of hydrogen-bond acceptors (Lipinski definition) is 5. The van der Waals surface area contributed by atoms with E-state index in [9.17, 15) is 9.59 Å². The first-order chi connectivity index (χ1) is 12.6. The van der Waals surface area contributed by atoms with E-state index in [-0.39, 0.29) is 24.1 Å². The largest absolute Gasteiger partial charge is 0.332 e. The van der Waals surface area contributed by atoms with E-state index in [1.54, 1.807) is 6.07 Å². The fraction of sp³-hybridized carbons (Fsp3) is 0.278. The van der Waals surface area contributed by atoms with E-state index in [0.29, 0.717) is 28.3 Å². The van der Waals surface area contributed by atoms with Gasteiger partial charge in [0.2, 0.25) is 5.91 Å². The number of aromatic nitrogens is 2. The molecule has 0 bridgehead atoms. The van der Waals surface area contributed by atoms with Crippen molar-refractivity contribution in [3.8, 4) is 0 Å². The zero-order valence-electron chi connectivity index (χ0n) is 13.9. The molecular weight excluding hydrogens is 372 g/mol. The fourth-order valence-electron chi connectivity index (χ4n) is 3.26. The van der Waals surface area contributed by atoms with E-state index in [4.69, 9.17) is 11.6 Å². The summed E-state index contributed by atoms with van der Waals surface area (Å²) in [4.78, 5) is 32.3. The molecule has 1 aliphatic heterocycles. The fourth-order valence-corrected chi connectivity index (χ4v) is 4.18. The molecule has 3 aromatic rings. The first-order valence-electron chi connectivity index (χ1n) is 8.32. The Balaban J connectivity index is 1.60. The van der Waals surface area contributed by atoms with Crippen molar-refractivity contribution < 1.29 is 4.79 Å². The van der Waals surface area contributed by atoms with Crippen LogP contribution in [0, 0.1) is 0 Å². The monoisotopic (exact) mass is 388 g/mol. The molecule has 26 heavy (non-hydrogen) atoms. The van der Waals surface area contributed by atoms with Crippen LogP contribution in [0.25, 0.3) is 10.2 Å². The molecule has 0 aliphatic carbocycles. The van der Waals surface area contributed by atoms with Gasteiger partial charge in [-0.1, -0.05) is 23.7 Å². The van der Waals surface area contributed by atoms with E-state index < -0.39 is 0 Å². The zero-order chi connectivity index (χ0) is 18.1. The smallest absolute Gasteiger partial charge is 0.262 e. The summed E-state index contributed by atoms with van der Waals surface area (Å²) in [6.45, 7) is 1.94. The van der Waals surface area contributed by atoms with Crippen molar-refractivity contribution in [1.82, 2.24) is 19.8 Å². The van der Waals surface area contributed by atoms with Crippen molar-refractivity contribution in [3.63, 3.8) is 0 Å². The molecule has 1 aromatic carbocycles. The predicted molar refractivity (Wildman–Crippen MR) is 103 cm³/mol. The van der Waals surface area contributed by atoms with Crippen LogP contribution in [0.4, 0.5) is 0 Å². The maximum Gasteiger partial charge on any atom is 0.262 e. The highest BCUT2D eigenvalue weighted by molar-refractivity contribution is 7.16. The average molecular weight is 389 g/mol. The zero-order valence-corrected chi connectivity index (χ0v) is 15.5. The van der Waals surface area contributed by atoms with Gasteiger partial charge < -0.3 is 10.2 Å². The molecule has 1 aliphatic rings. The molecule has 1 saturated heterocycles. The summed E-state index contributed by atoms with van der Waals surface area (Å²) in [7, 11) is 0. The molecule has 2 aromatic heterocycles. The van der Waals surface area contributed by atoms with Gasteiger partial charge in [0, 0.05) is 24.7 Å². The van der Waals surface area contributed by atoms with Crippen LogP contribution in [0.3, 0.4) is 0 Å². The summed E-state index contributed by atoms with van der Waals surface area (Å²) in [5.74, 6) is -0.102. The highest BCUT2D eigenvalue weighted by Crippen LogP contribution is 2.25. The van der Waals surface area contributed by atoms with Crippen LogP contribution in [0.15, 0.2) is 46.8 Å². The summed E-state index contributed by atoms with van der Waals surface area (Å²) < 4.78 is 1.38. The van der Waals surface area contributed by atoms with Crippen LogP contribution in [0.5, 0.6) is 0 Å². The van der Waals surface area contributed by atoms with Gasteiger partial charge in [-0.25, -0.2) is 4.98 Å². The third-order valence-corrected chi connectivity index (χ3v) is 5.61. The van der Waals surface area contributed by atoms with E-state index in [1.807, 2.05) is 34.5 Å². The molecule has 134 valence electrons. The number of nitrogens with one attached hydrogen (secondary N) is 1. The molecule has 1 unspecified atom stereocenters. The molecule has 0 spiro atoms. The Bertz CT molecular complexity index is 1020. The SMILES string of the molecule is O=C(Cn1cnc2sccc2c1=O)N1CCNCC1c1cccc(Cl)c1. The van der Waals surface area contributed by atoms with Gasteiger partial charge in [0.05, 0.1) is 17.8 Å². The van der Waals surface area contributed by atoms with Crippen molar-refractivity contribution in [3.05, 3.63) is 63.0 Å².